The second-order valence-corrected chi connectivity index (χ2v) is 11.2. The maximum absolute atomic E-state index is 6.89. The first-order valence-corrected chi connectivity index (χ1v) is 13.3. The highest BCUT2D eigenvalue weighted by atomic mass is 28.3. The van der Waals surface area contributed by atoms with Crippen LogP contribution in [0.4, 0.5) is 0 Å². The zero-order chi connectivity index (χ0) is 19.7. The molecule has 0 aromatic rings. The fraction of sp³-hybridized carbons (Fsp3) is 1.00. The van der Waals surface area contributed by atoms with Crippen molar-refractivity contribution in [3.05, 3.63) is 0 Å². The van der Waals surface area contributed by atoms with Crippen molar-refractivity contribution in [2.24, 2.45) is 11.8 Å². The van der Waals surface area contributed by atoms with Gasteiger partial charge in [0, 0.05) is 12.2 Å². The van der Waals surface area contributed by atoms with E-state index in [9.17, 15) is 0 Å². The maximum Gasteiger partial charge on any atom is 0.485 e. The highest BCUT2D eigenvalue weighted by Gasteiger charge is 2.41. The minimum absolute atomic E-state index is 0.0833. The van der Waals surface area contributed by atoms with Gasteiger partial charge in [0.2, 0.25) is 0 Å². The van der Waals surface area contributed by atoms with Crippen molar-refractivity contribution in [2.75, 3.05) is 0 Å². The molecule has 4 heteroatoms. The van der Waals surface area contributed by atoms with Gasteiger partial charge in [-0.05, 0) is 65.7 Å². The normalized spacial score (nSPS) is 23.6. The van der Waals surface area contributed by atoms with Crippen LogP contribution in [0.5, 0.6) is 0 Å². The van der Waals surface area contributed by atoms with Gasteiger partial charge >= 0.3 is 9.53 Å². The van der Waals surface area contributed by atoms with Gasteiger partial charge in [-0.1, -0.05) is 64.2 Å². The van der Waals surface area contributed by atoms with Gasteiger partial charge in [0.15, 0.2) is 0 Å². The molecular formula is C23H46O3Si. The molecule has 3 nitrogen and oxygen atoms in total. The Hall–Kier alpha value is 0.0969. The highest BCUT2D eigenvalue weighted by Crippen LogP contribution is 2.41. The number of rotatable bonds is 9. The molecule has 27 heavy (non-hydrogen) atoms. The first-order chi connectivity index (χ1) is 12.9. The Balaban J connectivity index is 2.14. The van der Waals surface area contributed by atoms with E-state index in [1.54, 1.807) is 0 Å². The summed E-state index contributed by atoms with van der Waals surface area (Å²) in [5.41, 5.74) is -0.0833. The predicted molar refractivity (Wildman–Crippen MR) is 116 cm³/mol. The second kappa shape index (κ2) is 11.9. The molecule has 160 valence electrons. The summed E-state index contributed by atoms with van der Waals surface area (Å²) in [5.74, 6) is 1.47. The lowest BCUT2D eigenvalue weighted by Gasteiger charge is -2.42. The van der Waals surface area contributed by atoms with Crippen LogP contribution in [0.2, 0.25) is 0 Å². The van der Waals surface area contributed by atoms with Gasteiger partial charge in [-0.3, -0.25) is 0 Å². The first kappa shape index (κ1) is 23.4. The molecule has 0 radical (unpaired) electrons. The van der Waals surface area contributed by atoms with E-state index in [-0.39, 0.29) is 17.8 Å². The summed E-state index contributed by atoms with van der Waals surface area (Å²) in [6.45, 7) is 10.8. The van der Waals surface area contributed by atoms with Crippen molar-refractivity contribution in [2.45, 2.75) is 136 Å². The molecule has 2 aliphatic rings. The van der Waals surface area contributed by atoms with E-state index in [4.69, 9.17) is 13.3 Å². The quantitative estimate of drug-likeness (QED) is 0.321. The van der Waals surface area contributed by atoms with Gasteiger partial charge in [0.25, 0.3) is 0 Å². The van der Waals surface area contributed by atoms with E-state index in [0.29, 0.717) is 5.92 Å². The van der Waals surface area contributed by atoms with Crippen LogP contribution in [0.1, 0.15) is 118 Å². The summed E-state index contributed by atoms with van der Waals surface area (Å²) in [6.07, 6.45) is 18.1. The molecule has 0 heterocycles. The van der Waals surface area contributed by atoms with Crippen LogP contribution in [0, 0.1) is 11.8 Å². The smallest absolute Gasteiger partial charge is 0.373 e. The zero-order valence-electron chi connectivity index (χ0n) is 18.8. The van der Waals surface area contributed by atoms with Crippen molar-refractivity contribution in [1.29, 1.82) is 0 Å². The van der Waals surface area contributed by atoms with Crippen LogP contribution in [0.15, 0.2) is 0 Å². The van der Waals surface area contributed by atoms with Gasteiger partial charge in [0.05, 0.1) is 5.60 Å². The first-order valence-electron chi connectivity index (χ1n) is 11.9. The Morgan fingerprint density at radius 3 is 1.63 bits per heavy atom. The predicted octanol–water partition coefficient (Wildman–Crippen LogP) is 6.66. The highest BCUT2D eigenvalue weighted by molar-refractivity contribution is 6.36. The lowest BCUT2D eigenvalue weighted by Crippen LogP contribution is -2.47. The number of hydrogen-bond donors (Lipinski definition) is 0. The summed E-state index contributed by atoms with van der Waals surface area (Å²) in [5, 5.41) is 0. The monoisotopic (exact) mass is 398 g/mol. The Kier molecular flexibility index (Phi) is 10.3. The minimum atomic E-state index is -2.14. The van der Waals surface area contributed by atoms with Gasteiger partial charge in [-0.25, -0.2) is 0 Å². The van der Waals surface area contributed by atoms with Gasteiger partial charge in [-0.2, -0.15) is 0 Å². The van der Waals surface area contributed by atoms with Crippen LogP contribution in [-0.4, -0.2) is 27.3 Å². The van der Waals surface area contributed by atoms with E-state index in [2.05, 4.69) is 34.6 Å². The minimum Gasteiger partial charge on any atom is -0.373 e. The molecule has 2 rings (SSSR count). The van der Waals surface area contributed by atoms with E-state index in [1.165, 1.54) is 83.5 Å². The molecule has 2 saturated carbocycles. The van der Waals surface area contributed by atoms with Gasteiger partial charge in [-0.15, -0.1) is 0 Å². The molecule has 0 amide bonds. The standard InChI is InChI=1S/C23H46O3Si/c1-19(2)24-27(25-20(3)4)26-23(5,22-16-12-8-9-13-17-22)18-21-14-10-6-7-11-15-21/h19-22,27H,6-18H2,1-5H3. The molecular weight excluding hydrogens is 352 g/mol. The Bertz CT molecular complexity index is 375. The summed E-state index contributed by atoms with van der Waals surface area (Å²) < 4.78 is 19.3. The third-order valence-electron chi connectivity index (χ3n) is 6.52. The van der Waals surface area contributed by atoms with Gasteiger partial charge in [0.1, 0.15) is 0 Å². The van der Waals surface area contributed by atoms with E-state index in [1.807, 2.05) is 0 Å². The Labute approximate surface area is 170 Å². The van der Waals surface area contributed by atoms with Crippen LogP contribution < -0.4 is 0 Å². The van der Waals surface area contributed by atoms with Crippen LogP contribution >= 0.6 is 0 Å². The van der Waals surface area contributed by atoms with Crippen LogP contribution in [0.3, 0.4) is 0 Å². The fourth-order valence-electron chi connectivity index (χ4n) is 5.09. The topological polar surface area (TPSA) is 27.7 Å². The number of hydrogen-bond acceptors (Lipinski definition) is 3. The zero-order valence-corrected chi connectivity index (χ0v) is 20.0. The van der Waals surface area contributed by atoms with Crippen LogP contribution in [-0.2, 0) is 13.3 Å². The third kappa shape index (κ3) is 8.55. The van der Waals surface area contributed by atoms with E-state index in [0.717, 1.165) is 5.92 Å². The SMILES string of the molecule is CC(C)O[SiH](OC(C)C)OC(C)(CC1CCCCCC1)C1CCCCCC1. The molecule has 1 unspecified atom stereocenters. The van der Waals surface area contributed by atoms with Crippen molar-refractivity contribution >= 4 is 9.53 Å². The van der Waals surface area contributed by atoms with E-state index < -0.39 is 9.53 Å². The Morgan fingerprint density at radius 2 is 1.19 bits per heavy atom. The summed E-state index contributed by atoms with van der Waals surface area (Å²) >= 11 is 0. The molecule has 0 aromatic heterocycles. The second-order valence-electron chi connectivity index (χ2n) is 9.84. The maximum atomic E-state index is 6.89. The molecule has 0 aliphatic heterocycles. The van der Waals surface area contributed by atoms with E-state index >= 15 is 0 Å². The Morgan fingerprint density at radius 1 is 0.741 bits per heavy atom. The van der Waals surface area contributed by atoms with Crippen molar-refractivity contribution in [3.63, 3.8) is 0 Å². The molecule has 2 fully saturated rings. The average Bonchev–Trinajstić information content (AvgIpc) is 2.98. The lowest BCUT2D eigenvalue weighted by molar-refractivity contribution is -0.0675. The summed E-state index contributed by atoms with van der Waals surface area (Å²) in [6, 6.07) is 0. The molecule has 0 N–H and O–H groups in total. The average molecular weight is 399 g/mol. The molecule has 1 atom stereocenters. The third-order valence-corrected chi connectivity index (χ3v) is 8.78. The largest absolute Gasteiger partial charge is 0.485 e. The van der Waals surface area contributed by atoms with Gasteiger partial charge < -0.3 is 13.3 Å². The van der Waals surface area contributed by atoms with Crippen molar-refractivity contribution < 1.29 is 13.3 Å². The molecule has 2 aliphatic carbocycles. The van der Waals surface area contributed by atoms with Crippen LogP contribution in [0.25, 0.3) is 0 Å². The molecule has 0 aromatic carbocycles. The molecule has 0 bridgehead atoms. The summed E-state index contributed by atoms with van der Waals surface area (Å²) in [4.78, 5) is 0. The van der Waals surface area contributed by atoms with Crippen molar-refractivity contribution in [3.8, 4) is 0 Å². The lowest BCUT2D eigenvalue weighted by atomic mass is 9.76. The molecule has 0 spiro atoms. The summed E-state index contributed by atoms with van der Waals surface area (Å²) in [7, 11) is -2.14. The molecule has 0 saturated heterocycles. The fourth-order valence-corrected chi connectivity index (χ4v) is 6.89. The van der Waals surface area contributed by atoms with Crippen molar-refractivity contribution in [1.82, 2.24) is 0 Å².